The lowest BCUT2D eigenvalue weighted by atomic mass is 9.84. The molecule has 2 bridgehead atoms. The summed E-state index contributed by atoms with van der Waals surface area (Å²) in [7, 11) is 0. The highest BCUT2D eigenvalue weighted by Gasteiger charge is 2.35. The van der Waals surface area contributed by atoms with Crippen LogP contribution in [-0.4, -0.2) is 36.5 Å². The zero-order valence-electron chi connectivity index (χ0n) is 14.5. The number of hydrogen-bond acceptors (Lipinski definition) is 4. The van der Waals surface area contributed by atoms with E-state index in [1.165, 1.54) is 6.07 Å². The monoisotopic (exact) mass is 396 g/mol. The number of carbonyl (C=O) groups excluding carboxylic acids is 1. The molecule has 3 saturated heterocycles. The molecular formula is C19H19F3N2O2S. The Morgan fingerprint density at radius 3 is 2.37 bits per heavy atom. The molecule has 3 aliphatic rings. The number of benzene rings is 1. The average Bonchev–Trinajstić information content (AvgIpc) is 3.12. The van der Waals surface area contributed by atoms with E-state index in [-0.39, 0.29) is 17.0 Å². The standard InChI is InChI=1S/C19H19F3N2O2S/c20-19(21,22)16-5-6-17(27-16)26-14-3-1-13(2-4-14)18(25)23-15-11-24-9-7-12(15)8-10-24/h1-6,12,15H,7-11H2,(H,23,25)/t15-/m0/s1. The number of amides is 1. The Kier molecular flexibility index (Phi) is 4.86. The molecular weight excluding hydrogens is 377 g/mol. The van der Waals surface area contributed by atoms with Gasteiger partial charge in [-0.25, -0.2) is 0 Å². The third-order valence-electron chi connectivity index (χ3n) is 5.17. The van der Waals surface area contributed by atoms with E-state index in [1.807, 2.05) is 0 Å². The highest BCUT2D eigenvalue weighted by molar-refractivity contribution is 7.13. The molecule has 0 spiro atoms. The summed E-state index contributed by atoms with van der Waals surface area (Å²) in [6, 6.07) is 8.92. The van der Waals surface area contributed by atoms with Crippen LogP contribution in [0.5, 0.6) is 10.8 Å². The number of carbonyl (C=O) groups is 1. The quantitative estimate of drug-likeness (QED) is 0.834. The van der Waals surface area contributed by atoms with Gasteiger partial charge in [0.15, 0.2) is 5.06 Å². The van der Waals surface area contributed by atoms with Crippen LogP contribution in [0, 0.1) is 5.92 Å². The lowest BCUT2D eigenvalue weighted by Gasteiger charge is -2.44. The van der Waals surface area contributed by atoms with Gasteiger partial charge in [0.1, 0.15) is 10.6 Å². The second-order valence-electron chi connectivity index (χ2n) is 6.96. The molecule has 0 aliphatic carbocycles. The molecule has 4 nitrogen and oxygen atoms in total. The number of rotatable bonds is 4. The van der Waals surface area contributed by atoms with Gasteiger partial charge in [-0.2, -0.15) is 13.2 Å². The Labute approximate surface area is 158 Å². The van der Waals surface area contributed by atoms with Crippen molar-refractivity contribution in [3.05, 3.63) is 46.8 Å². The molecule has 0 unspecified atom stereocenters. The summed E-state index contributed by atoms with van der Waals surface area (Å²) in [4.78, 5) is 14.1. The third kappa shape index (κ3) is 4.11. The van der Waals surface area contributed by atoms with Gasteiger partial charge in [0.25, 0.3) is 5.91 Å². The van der Waals surface area contributed by atoms with Crippen LogP contribution in [0.3, 0.4) is 0 Å². The van der Waals surface area contributed by atoms with E-state index in [0.29, 0.717) is 28.6 Å². The van der Waals surface area contributed by atoms with Crippen molar-refractivity contribution in [3.8, 4) is 10.8 Å². The fourth-order valence-electron chi connectivity index (χ4n) is 3.70. The molecule has 3 aliphatic heterocycles. The van der Waals surface area contributed by atoms with Gasteiger partial charge < -0.3 is 15.0 Å². The second-order valence-corrected chi connectivity index (χ2v) is 8.01. The smallest absolute Gasteiger partial charge is 0.425 e. The zero-order valence-corrected chi connectivity index (χ0v) is 15.3. The lowest BCUT2D eigenvalue weighted by molar-refractivity contribution is -0.134. The lowest BCUT2D eigenvalue weighted by Crippen LogP contribution is -2.57. The zero-order chi connectivity index (χ0) is 19.0. The van der Waals surface area contributed by atoms with Crippen molar-refractivity contribution in [2.75, 3.05) is 19.6 Å². The van der Waals surface area contributed by atoms with E-state index in [4.69, 9.17) is 4.74 Å². The van der Waals surface area contributed by atoms with Gasteiger partial charge in [-0.3, -0.25) is 4.79 Å². The van der Waals surface area contributed by atoms with Crippen LogP contribution in [0.2, 0.25) is 0 Å². The van der Waals surface area contributed by atoms with Crippen molar-refractivity contribution in [2.45, 2.75) is 25.1 Å². The maximum Gasteiger partial charge on any atom is 0.425 e. The van der Waals surface area contributed by atoms with E-state index in [0.717, 1.165) is 38.5 Å². The summed E-state index contributed by atoms with van der Waals surface area (Å²) in [5.41, 5.74) is 0.515. The number of nitrogens with one attached hydrogen (secondary N) is 1. The number of fused-ring (bicyclic) bond motifs is 3. The van der Waals surface area contributed by atoms with Gasteiger partial charge in [0.05, 0.1) is 0 Å². The summed E-state index contributed by atoms with van der Waals surface area (Å²) < 4.78 is 43.4. The fourth-order valence-corrected chi connectivity index (χ4v) is 4.44. The van der Waals surface area contributed by atoms with Crippen LogP contribution in [0.4, 0.5) is 13.2 Å². The van der Waals surface area contributed by atoms with Crippen LogP contribution in [0.25, 0.3) is 0 Å². The number of ether oxygens (including phenoxy) is 1. The van der Waals surface area contributed by atoms with Crippen molar-refractivity contribution in [3.63, 3.8) is 0 Å². The number of piperidine rings is 3. The molecule has 8 heteroatoms. The molecule has 3 fully saturated rings. The van der Waals surface area contributed by atoms with Crippen molar-refractivity contribution in [2.24, 2.45) is 5.92 Å². The largest absolute Gasteiger partial charge is 0.447 e. The molecule has 1 aromatic heterocycles. The van der Waals surface area contributed by atoms with Crippen LogP contribution < -0.4 is 10.1 Å². The summed E-state index contributed by atoms with van der Waals surface area (Å²) in [5.74, 6) is 0.809. The Balaban J connectivity index is 1.37. The van der Waals surface area contributed by atoms with E-state index in [2.05, 4.69) is 10.2 Å². The van der Waals surface area contributed by atoms with Crippen LogP contribution >= 0.6 is 11.3 Å². The van der Waals surface area contributed by atoms with Crippen molar-refractivity contribution >= 4 is 17.2 Å². The topological polar surface area (TPSA) is 41.6 Å². The molecule has 1 amide bonds. The molecule has 1 N–H and O–H groups in total. The van der Waals surface area contributed by atoms with Crippen LogP contribution in [-0.2, 0) is 6.18 Å². The maximum absolute atomic E-state index is 12.6. The first-order chi connectivity index (χ1) is 12.9. The Bertz CT molecular complexity index is 811. The van der Waals surface area contributed by atoms with Gasteiger partial charge >= 0.3 is 6.18 Å². The molecule has 1 atom stereocenters. The van der Waals surface area contributed by atoms with Crippen LogP contribution in [0.1, 0.15) is 28.1 Å². The molecule has 1 aromatic carbocycles. The maximum atomic E-state index is 12.6. The van der Waals surface area contributed by atoms with Gasteiger partial charge in [-0.05, 0) is 68.2 Å². The second kappa shape index (κ2) is 7.16. The van der Waals surface area contributed by atoms with Crippen LogP contribution in [0.15, 0.2) is 36.4 Å². The Hall–Kier alpha value is -2.06. The number of halogens is 3. The molecule has 0 saturated carbocycles. The normalized spacial score (nSPS) is 24.6. The summed E-state index contributed by atoms with van der Waals surface area (Å²) in [6.45, 7) is 3.13. The van der Waals surface area contributed by atoms with E-state index in [9.17, 15) is 18.0 Å². The van der Waals surface area contributed by atoms with E-state index >= 15 is 0 Å². The fraction of sp³-hybridized carbons (Fsp3) is 0.421. The number of nitrogens with zero attached hydrogens (tertiary/aromatic N) is 1. The molecule has 5 rings (SSSR count). The molecule has 0 radical (unpaired) electrons. The van der Waals surface area contributed by atoms with E-state index in [1.54, 1.807) is 24.3 Å². The van der Waals surface area contributed by atoms with Crippen molar-refractivity contribution in [1.82, 2.24) is 10.2 Å². The number of alkyl halides is 3. The average molecular weight is 396 g/mol. The first kappa shape index (κ1) is 18.3. The van der Waals surface area contributed by atoms with Crippen molar-refractivity contribution < 1.29 is 22.7 Å². The molecule has 27 heavy (non-hydrogen) atoms. The number of hydrogen-bond donors (Lipinski definition) is 1. The highest BCUT2D eigenvalue weighted by atomic mass is 32.1. The first-order valence-electron chi connectivity index (χ1n) is 8.87. The summed E-state index contributed by atoms with van der Waals surface area (Å²) >= 11 is 0.544. The van der Waals surface area contributed by atoms with Gasteiger partial charge in [-0.1, -0.05) is 11.3 Å². The van der Waals surface area contributed by atoms with E-state index < -0.39 is 11.1 Å². The highest BCUT2D eigenvalue weighted by Crippen LogP contribution is 2.39. The van der Waals surface area contributed by atoms with Gasteiger partial charge in [-0.15, -0.1) is 0 Å². The Morgan fingerprint density at radius 2 is 1.81 bits per heavy atom. The minimum atomic E-state index is -4.37. The van der Waals surface area contributed by atoms with Crippen molar-refractivity contribution in [1.29, 1.82) is 0 Å². The van der Waals surface area contributed by atoms with Gasteiger partial charge in [0, 0.05) is 18.2 Å². The Morgan fingerprint density at radius 1 is 1.11 bits per heavy atom. The number of thiophene rings is 1. The summed E-state index contributed by atoms with van der Waals surface area (Å²) in [6.07, 6.45) is -2.12. The SMILES string of the molecule is O=C(N[C@H]1CN2CCC1CC2)c1ccc(Oc2ccc(C(F)(F)F)s2)cc1. The minimum absolute atomic E-state index is 0.129. The predicted octanol–water partition coefficient (Wildman–Crippen LogP) is 4.38. The molecule has 4 heterocycles. The van der Waals surface area contributed by atoms with Gasteiger partial charge in [0.2, 0.25) is 0 Å². The molecule has 2 aromatic rings. The third-order valence-corrected chi connectivity index (χ3v) is 6.18. The summed E-state index contributed by atoms with van der Waals surface area (Å²) in [5, 5.41) is 3.27. The first-order valence-corrected chi connectivity index (χ1v) is 9.68. The minimum Gasteiger partial charge on any atom is -0.447 e. The predicted molar refractivity (Wildman–Crippen MR) is 96.3 cm³/mol. The molecule has 144 valence electrons.